The molecule has 122 valence electrons. The van der Waals surface area contributed by atoms with Gasteiger partial charge in [-0.05, 0) is 19.3 Å². The van der Waals surface area contributed by atoms with Crippen LogP contribution in [0.25, 0.3) is 0 Å². The molecule has 22 heavy (non-hydrogen) atoms. The minimum atomic E-state index is -4.72. The van der Waals surface area contributed by atoms with Gasteiger partial charge in [-0.1, -0.05) is 6.92 Å². The Labute approximate surface area is 125 Å². The molecule has 1 fully saturated rings. The lowest BCUT2D eigenvalue weighted by Crippen LogP contribution is -2.25. The van der Waals surface area contributed by atoms with Crippen molar-refractivity contribution < 1.29 is 27.8 Å². The van der Waals surface area contributed by atoms with Crippen LogP contribution in [0.5, 0.6) is 5.88 Å². The summed E-state index contributed by atoms with van der Waals surface area (Å²) in [7, 11) is 0. The molecule has 1 unspecified atom stereocenters. The second-order valence-electron chi connectivity index (χ2n) is 5.23. The number of hydrogen-bond donors (Lipinski definition) is 1. The maximum Gasteiger partial charge on any atom is 0.451 e. The number of rotatable bonds is 4. The van der Waals surface area contributed by atoms with E-state index in [4.69, 9.17) is 4.74 Å². The van der Waals surface area contributed by atoms with E-state index in [0.29, 0.717) is 25.7 Å². The number of halogens is 3. The van der Waals surface area contributed by atoms with E-state index in [0.717, 1.165) is 0 Å². The molecule has 1 N–H and O–H groups in total. The third kappa shape index (κ3) is 4.16. The van der Waals surface area contributed by atoms with Crippen molar-refractivity contribution in [2.24, 2.45) is 0 Å². The van der Waals surface area contributed by atoms with Crippen LogP contribution < -0.4 is 4.74 Å². The minimum Gasteiger partial charge on any atom is -0.474 e. The molecule has 0 aromatic carbocycles. The van der Waals surface area contributed by atoms with Crippen molar-refractivity contribution in [2.45, 2.75) is 57.4 Å². The Balaban J connectivity index is 2.23. The number of aliphatic hydroxyl groups excluding tert-OH is 1. The Kier molecular flexibility index (Phi) is 5.00. The minimum absolute atomic E-state index is 0.119. The molecule has 5 nitrogen and oxygen atoms in total. The van der Waals surface area contributed by atoms with E-state index in [1.54, 1.807) is 6.92 Å². The molecule has 1 heterocycles. The SMILES string of the molecule is CCC(O)c1cc(OC2CCC(=O)CC2)nc(C(F)(F)F)n1. The fourth-order valence-corrected chi connectivity index (χ4v) is 2.21. The van der Waals surface area contributed by atoms with Gasteiger partial charge in [0.25, 0.3) is 0 Å². The van der Waals surface area contributed by atoms with Crippen LogP contribution in [-0.4, -0.2) is 27.0 Å². The van der Waals surface area contributed by atoms with E-state index >= 15 is 0 Å². The van der Waals surface area contributed by atoms with Crippen LogP contribution in [0.3, 0.4) is 0 Å². The zero-order valence-electron chi connectivity index (χ0n) is 12.1. The monoisotopic (exact) mass is 318 g/mol. The Morgan fingerprint density at radius 2 is 2.00 bits per heavy atom. The first-order valence-corrected chi connectivity index (χ1v) is 7.12. The lowest BCUT2D eigenvalue weighted by molar-refractivity contribution is -0.145. The molecule has 1 aliphatic rings. The quantitative estimate of drug-likeness (QED) is 0.924. The van der Waals surface area contributed by atoms with Crippen molar-refractivity contribution in [2.75, 3.05) is 0 Å². The Morgan fingerprint density at radius 1 is 1.36 bits per heavy atom. The normalized spacial score (nSPS) is 18.3. The van der Waals surface area contributed by atoms with Gasteiger partial charge in [-0.25, -0.2) is 4.98 Å². The third-order valence-electron chi connectivity index (χ3n) is 3.48. The third-order valence-corrected chi connectivity index (χ3v) is 3.48. The maximum atomic E-state index is 12.8. The van der Waals surface area contributed by atoms with Gasteiger partial charge in [0, 0.05) is 18.9 Å². The van der Waals surface area contributed by atoms with Crippen LogP contribution in [0, 0.1) is 0 Å². The molecule has 1 atom stereocenters. The second-order valence-corrected chi connectivity index (χ2v) is 5.23. The molecule has 0 radical (unpaired) electrons. The van der Waals surface area contributed by atoms with Crippen LogP contribution in [0.2, 0.25) is 0 Å². The molecule has 0 bridgehead atoms. The molecule has 1 saturated carbocycles. The van der Waals surface area contributed by atoms with Crippen LogP contribution in [0.15, 0.2) is 6.07 Å². The molecule has 1 aliphatic carbocycles. The van der Waals surface area contributed by atoms with E-state index in [1.807, 2.05) is 0 Å². The zero-order valence-corrected chi connectivity index (χ0v) is 12.1. The van der Waals surface area contributed by atoms with Crippen LogP contribution in [-0.2, 0) is 11.0 Å². The van der Waals surface area contributed by atoms with Crippen LogP contribution in [0.1, 0.15) is 56.7 Å². The average molecular weight is 318 g/mol. The fourth-order valence-electron chi connectivity index (χ4n) is 2.21. The molecule has 1 aromatic heterocycles. The predicted molar refractivity (Wildman–Crippen MR) is 70.2 cm³/mol. The van der Waals surface area contributed by atoms with Gasteiger partial charge in [0.1, 0.15) is 11.9 Å². The summed E-state index contributed by atoms with van der Waals surface area (Å²) in [6.45, 7) is 1.63. The summed E-state index contributed by atoms with van der Waals surface area (Å²) in [6, 6.07) is 1.22. The highest BCUT2D eigenvalue weighted by atomic mass is 19.4. The first-order chi connectivity index (χ1) is 10.3. The van der Waals surface area contributed by atoms with Crippen molar-refractivity contribution in [3.05, 3.63) is 17.6 Å². The van der Waals surface area contributed by atoms with Gasteiger partial charge >= 0.3 is 6.18 Å². The zero-order chi connectivity index (χ0) is 16.3. The number of ether oxygens (including phenoxy) is 1. The first-order valence-electron chi connectivity index (χ1n) is 7.12. The summed E-state index contributed by atoms with van der Waals surface area (Å²) in [4.78, 5) is 17.9. The van der Waals surface area contributed by atoms with Gasteiger partial charge in [0.15, 0.2) is 0 Å². The van der Waals surface area contributed by atoms with Gasteiger partial charge in [-0.15, -0.1) is 0 Å². The summed E-state index contributed by atoms with van der Waals surface area (Å²) in [5, 5.41) is 9.73. The smallest absolute Gasteiger partial charge is 0.451 e. The summed E-state index contributed by atoms with van der Waals surface area (Å²) in [5.41, 5.74) is -0.119. The highest BCUT2D eigenvalue weighted by Gasteiger charge is 2.36. The summed E-state index contributed by atoms with van der Waals surface area (Å²) in [6.07, 6.45) is -4.33. The van der Waals surface area contributed by atoms with E-state index in [9.17, 15) is 23.1 Å². The van der Waals surface area contributed by atoms with Crippen LogP contribution >= 0.6 is 0 Å². The van der Waals surface area contributed by atoms with E-state index in [1.165, 1.54) is 6.07 Å². The predicted octanol–water partition coefficient (Wildman–Crippen LogP) is 2.83. The number of nitrogens with zero attached hydrogens (tertiary/aromatic N) is 2. The Bertz CT molecular complexity index is 539. The highest BCUT2D eigenvalue weighted by molar-refractivity contribution is 5.79. The van der Waals surface area contributed by atoms with Crippen molar-refractivity contribution >= 4 is 5.78 Å². The lowest BCUT2D eigenvalue weighted by atomic mass is 9.96. The molecule has 0 saturated heterocycles. The van der Waals surface area contributed by atoms with Crippen molar-refractivity contribution in [1.82, 2.24) is 9.97 Å². The summed E-state index contributed by atoms with van der Waals surface area (Å²) in [5.74, 6) is -1.43. The van der Waals surface area contributed by atoms with Crippen molar-refractivity contribution in [1.29, 1.82) is 0 Å². The number of ketones is 1. The molecule has 1 aromatic rings. The summed E-state index contributed by atoms with van der Waals surface area (Å²) >= 11 is 0. The summed E-state index contributed by atoms with van der Waals surface area (Å²) < 4.78 is 44.0. The molecule has 8 heteroatoms. The maximum absolute atomic E-state index is 12.8. The van der Waals surface area contributed by atoms with Crippen molar-refractivity contribution in [3.8, 4) is 5.88 Å². The number of alkyl halides is 3. The number of carbonyl (C=O) groups is 1. The first kappa shape index (κ1) is 16.7. The second kappa shape index (κ2) is 6.60. The Hall–Kier alpha value is -1.70. The van der Waals surface area contributed by atoms with E-state index in [2.05, 4.69) is 9.97 Å². The molecular weight excluding hydrogens is 301 g/mol. The molecule has 0 spiro atoms. The standard InChI is InChI=1S/C14H17F3N2O3/c1-2-11(21)10-7-12(19-13(18-10)14(15,16)17)22-9-5-3-8(20)4-6-9/h7,9,11,21H,2-6H2,1H3. The molecule has 0 aliphatic heterocycles. The average Bonchev–Trinajstić information content (AvgIpc) is 2.47. The fraction of sp³-hybridized carbons (Fsp3) is 0.643. The number of aliphatic hydroxyl groups is 1. The molecule has 0 amide bonds. The number of aromatic nitrogens is 2. The van der Waals surface area contributed by atoms with E-state index in [-0.39, 0.29) is 29.9 Å². The lowest BCUT2D eigenvalue weighted by Gasteiger charge is -2.22. The molecule has 2 rings (SSSR count). The largest absolute Gasteiger partial charge is 0.474 e. The topological polar surface area (TPSA) is 72.3 Å². The van der Waals surface area contributed by atoms with E-state index < -0.39 is 18.1 Å². The number of carbonyl (C=O) groups excluding carboxylic acids is 1. The van der Waals surface area contributed by atoms with Gasteiger partial charge in [-0.3, -0.25) is 4.79 Å². The Morgan fingerprint density at radius 3 is 2.55 bits per heavy atom. The van der Waals surface area contributed by atoms with Crippen molar-refractivity contribution in [3.63, 3.8) is 0 Å². The highest BCUT2D eigenvalue weighted by Crippen LogP contribution is 2.30. The molecular formula is C14H17F3N2O3. The van der Waals surface area contributed by atoms with Gasteiger partial charge in [-0.2, -0.15) is 18.2 Å². The van der Waals surface area contributed by atoms with Gasteiger partial charge < -0.3 is 9.84 Å². The van der Waals surface area contributed by atoms with Gasteiger partial charge in [0.2, 0.25) is 11.7 Å². The number of Topliss-reactive ketones (excluding diaryl/α,β-unsaturated/α-hetero) is 1. The van der Waals surface area contributed by atoms with Gasteiger partial charge in [0.05, 0.1) is 11.8 Å². The van der Waals surface area contributed by atoms with Crippen LogP contribution in [0.4, 0.5) is 13.2 Å². The number of hydrogen-bond acceptors (Lipinski definition) is 5.